The van der Waals surface area contributed by atoms with E-state index >= 15 is 0 Å². The third kappa shape index (κ3) is 4.79. The van der Waals surface area contributed by atoms with Crippen LogP contribution in [0.1, 0.15) is 44.7 Å². The molecule has 1 aliphatic carbocycles. The second-order valence-corrected chi connectivity index (χ2v) is 6.65. The van der Waals surface area contributed by atoms with Crippen molar-refractivity contribution in [2.24, 2.45) is 11.8 Å². The van der Waals surface area contributed by atoms with Gasteiger partial charge >= 0.3 is 0 Å². The molecule has 3 unspecified atom stereocenters. The lowest BCUT2D eigenvalue weighted by molar-refractivity contribution is -0.132. The van der Waals surface area contributed by atoms with Crippen molar-refractivity contribution in [3.8, 4) is 0 Å². The summed E-state index contributed by atoms with van der Waals surface area (Å²) in [7, 11) is 0. The van der Waals surface area contributed by atoms with Crippen molar-refractivity contribution in [2.45, 2.75) is 46.2 Å². The molecular weight excluding hydrogens is 300 g/mol. The van der Waals surface area contributed by atoms with Gasteiger partial charge in [0.2, 0.25) is 0 Å². The van der Waals surface area contributed by atoms with Gasteiger partial charge in [0, 0.05) is 6.54 Å². The third-order valence-corrected chi connectivity index (χ3v) is 4.69. The van der Waals surface area contributed by atoms with E-state index < -0.39 is 6.04 Å². The highest BCUT2D eigenvalue weighted by Gasteiger charge is 2.22. The van der Waals surface area contributed by atoms with E-state index in [0.717, 1.165) is 18.4 Å². The van der Waals surface area contributed by atoms with Crippen LogP contribution in [0.15, 0.2) is 42.5 Å². The van der Waals surface area contributed by atoms with E-state index in [-0.39, 0.29) is 11.8 Å². The third-order valence-electron chi connectivity index (χ3n) is 4.69. The first-order chi connectivity index (χ1) is 11.5. The van der Waals surface area contributed by atoms with Crippen molar-refractivity contribution in [3.63, 3.8) is 0 Å². The average molecular weight is 328 g/mol. The van der Waals surface area contributed by atoms with E-state index in [1.165, 1.54) is 11.1 Å². The largest absolute Gasteiger partial charge is 0.301 e. The molecule has 1 aliphatic rings. The molecule has 0 heterocycles. The highest BCUT2D eigenvalue weighted by atomic mass is 16.5. The Balaban J connectivity index is 2.00. The van der Waals surface area contributed by atoms with Crippen LogP contribution in [0.4, 0.5) is 0 Å². The summed E-state index contributed by atoms with van der Waals surface area (Å²) >= 11 is 0. The molecular formula is C20H28N2O2. The Bertz CT molecular complexity index is 605. The molecule has 130 valence electrons. The number of hydroxylamine groups is 1. The van der Waals surface area contributed by atoms with Crippen LogP contribution >= 0.6 is 0 Å². The monoisotopic (exact) mass is 328 g/mol. The fraction of sp³-hybridized carbons (Fsp3) is 0.450. The standard InChI is InChI=1S/C20H28N2O2/c1-4-15(3)19(20(23)22-24)21-13-16-8-10-17(11-9-16)18-7-5-6-14(2)12-18/h5,7-12,14-15,19,21,24H,4,6,13H2,1-3H3,(H,22,23). The summed E-state index contributed by atoms with van der Waals surface area (Å²) in [5.74, 6) is 0.350. The van der Waals surface area contributed by atoms with E-state index in [0.29, 0.717) is 12.5 Å². The maximum Gasteiger partial charge on any atom is 0.260 e. The molecule has 0 saturated heterocycles. The molecule has 24 heavy (non-hydrogen) atoms. The number of amides is 1. The van der Waals surface area contributed by atoms with Crippen molar-refractivity contribution < 1.29 is 10.0 Å². The molecule has 0 bridgehead atoms. The van der Waals surface area contributed by atoms with E-state index in [4.69, 9.17) is 5.21 Å². The topological polar surface area (TPSA) is 61.4 Å². The van der Waals surface area contributed by atoms with Crippen LogP contribution in [0, 0.1) is 11.8 Å². The minimum atomic E-state index is -0.399. The van der Waals surface area contributed by atoms with Crippen LogP contribution in [0.25, 0.3) is 5.57 Å². The molecule has 3 N–H and O–H groups in total. The van der Waals surface area contributed by atoms with Gasteiger partial charge in [-0.05, 0) is 35.0 Å². The zero-order valence-corrected chi connectivity index (χ0v) is 14.8. The van der Waals surface area contributed by atoms with Gasteiger partial charge < -0.3 is 5.32 Å². The van der Waals surface area contributed by atoms with Crippen LogP contribution in [-0.2, 0) is 11.3 Å². The van der Waals surface area contributed by atoms with Crippen molar-refractivity contribution >= 4 is 11.5 Å². The summed E-state index contributed by atoms with van der Waals surface area (Å²) in [6.45, 7) is 6.85. The first-order valence-electron chi connectivity index (χ1n) is 8.70. The Kier molecular flexibility index (Phi) is 6.76. The van der Waals surface area contributed by atoms with Crippen LogP contribution in [0.3, 0.4) is 0 Å². The van der Waals surface area contributed by atoms with Gasteiger partial charge in [-0.3, -0.25) is 10.0 Å². The Labute approximate surface area is 144 Å². The predicted octanol–water partition coefficient (Wildman–Crippen LogP) is 3.68. The molecule has 0 fully saturated rings. The number of carbonyl (C=O) groups is 1. The molecule has 0 spiro atoms. The lowest BCUT2D eigenvalue weighted by Gasteiger charge is -2.22. The van der Waals surface area contributed by atoms with Gasteiger partial charge in [0.05, 0.1) is 6.04 Å². The normalized spacial score (nSPS) is 19.5. The molecule has 3 atom stereocenters. The number of benzene rings is 1. The maximum absolute atomic E-state index is 11.8. The fourth-order valence-electron chi connectivity index (χ4n) is 2.93. The fourth-order valence-corrected chi connectivity index (χ4v) is 2.93. The van der Waals surface area contributed by atoms with Crippen molar-refractivity contribution in [2.75, 3.05) is 0 Å². The molecule has 0 aliphatic heterocycles. The Morgan fingerprint density at radius 2 is 2.04 bits per heavy atom. The Morgan fingerprint density at radius 3 is 2.62 bits per heavy atom. The lowest BCUT2D eigenvalue weighted by atomic mass is 9.93. The molecule has 4 heteroatoms. The Hall–Kier alpha value is -1.91. The molecule has 1 aromatic rings. The van der Waals surface area contributed by atoms with Gasteiger partial charge in [0.25, 0.3) is 5.91 Å². The van der Waals surface area contributed by atoms with Crippen molar-refractivity contribution in [1.29, 1.82) is 0 Å². The summed E-state index contributed by atoms with van der Waals surface area (Å²) in [6, 6.07) is 8.01. The zero-order chi connectivity index (χ0) is 17.5. The van der Waals surface area contributed by atoms with Gasteiger partial charge in [-0.25, -0.2) is 5.48 Å². The predicted molar refractivity (Wildman–Crippen MR) is 97.4 cm³/mol. The molecule has 2 rings (SSSR count). The summed E-state index contributed by atoms with van der Waals surface area (Å²) in [4.78, 5) is 11.8. The minimum Gasteiger partial charge on any atom is -0.301 e. The second-order valence-electron chi connectivity index (χ2n) is 6.65. The smallest absolute Gasteiger partial charge is 0.260 e. The number of carbonyl (C=O) groups excluding carboxylic acids is 1. The quantitative estimate of drug-likeness (QED) is 0.528. The van der Waals surface area contributed by atoms with Crippen LogP contribution in [0.5, 0.6) is 0 Å². The first kappa shape index (κ1) is 18.4. The summed E-state index contributed by atoms with van der Waals surface area (Å²) < 4.78 is 0. The van der Waals surface area contributed by atoms with E-state index in [9.17, 15) is 4.79 Å². The van der Waals surface area contributed by atoms with Gasteiger partial charge in [-0.2, -0.15) is 0 Å². The number of nitrogens with one attached hydrogen (secondary N) is 2. The first-order valence-corrected chi connectivity index (χ1v) is 8.70. The van der Waals surface area contributed by atoms with Crippen molar-refractivity contribution in [3.05, 3.63) is 53.6 Å². The van der Waals surface area contributed by atoms with E-state index in [1.807, 2.05) is 13.8 Å². The van der Waals surface area contributed by atoms with Gasteiger partial charge in [-0.1, -0.05) is 69.7 Å². The summed E-state index contributed by atoms with van der Waals surface area (Å²) in [5.41, 5.74) is 5.36. The van der Waals surface area contributed by atoms with Crippen molar-refractivity contribution in [1.82, 2.24) is 10.8 Å². The van der Waals surface area contributed by atoms with Crippen LogP contribution in [-0.4, -0.2) is 17.2 Å². The van der Waals surface area contributed by atoms with E-state index in [1.54, 1.807) is 5.48 Å². The molecule has 0 aromatic heterocycles. The van der Waals surface area contributed by atoms with Gasteiger partial charge in [-0.15, -0.1) is 0 Å². The van der Waals surface area contributed by atoms with Gasteiger partial charge in [0.15, 0.2) is 0 Å². The SMILES string of the molecule is CCC(C)C(NCc1ccc(C2=CC(C)CC=C2)cc1)C(=O)NO. The Morgan fingerprint density at radius 1 is 1.33 bits per heavy atom. The van der Waals surface area contributed by atoms with E-state index in [2.05, 4.69) is 54.7 Å². The van der Waals surface area contributed by atoms with Crippen LogP contribution in [0.2, 0.25) is 0 Å². The molecule has 0 radical (unpaired) electrons. The molecule has 1 amide bonds. The number of allylic oxidation sites excluding steroid dienone is 4. The second kappa shape index (κ2) is 8.81. The van der Waals surface area contributed by atoms with Gasteiger partial charge in [0.1, 0.15) is 0 Å². The number of hydrogen-bond acceptors (Lipinski definition) is 3. The molecule has 1 aromatic carbocycles. The highest BCUT2D eigenvalue weighted by Crippen LogP contribution is 2.24. The minimum absolute atomic E-state index is 0.149. The van der Waals surface area contributed by atoms with Crippen LogP contribution < -0.4 is 10.8 Å². The summed E-state index contributed by atoms with van der Waals surface area (Å²) in [5, 5.41) is 12.1. The zero-order valence-electron chi connectivity index (χ0n) is 14.8. The number of hydrogen-bond donors (Lipinski definition) is 3. The number of rotatable bonds is 7. The maximum atomic E-state index is 11.8. The molecule has 4 nitrogen and oxygen atoms in total. The highest BCUT2D eigenvalue weighted by molar-refractivity contribution is 5.80. The average Bonchev–Trinajstić information content (AvgIpc) is 2.61. The summed E-state index contributed by atoms with van der Waals surface area (Å²) in [6.07, 6.45) is 8.67. The lowest BCUT2D eigenvalue weighted by Crippen LogP contribution is -2.46. The molecule has 0 saturated carbocycles.